The van der Waals surface area contributed by atoms with Gasteiger partial charge in [-0.1, -0.05) is 37.6 Å². The summed E-state index contributed by atoms with van der Waals surface area (Å²) in [5.41, 5.74) is 1.23. The van der Waals surface area contributed by atoms with Crippen LogP contribution in [-0.4, -0.2) is 44.8 Å². The Bertz CT molecular complexity index is 384. The quantitative estimate of drug-likeness (QED) is 0.758. The lowest BCUT2D eigenvalue weighted by atomic mass is 10.1. The van der Waals surface area contributed by atoms with Crippen LogP contribution in [0.25, 0.3) is 0 Å². The first-order valence-electron chi connectivity index (χ1n) is 7.17. The fraction of sp³-hybridized carbons (Fsp3) is 0.625. The number of halogens is 1. The van der Waals surface area contributed by atoms with E-state index in [2.05, 4.69) is 37.2 Å². The van der Waals surface area contributed by atoms with Crippen molar-refractivity contribution in [2.45, 2.75) is 26.4 Å². The lowest BCUT2D eigenvalue weighted by molar-refractivity contribution is 0.101. The fourth-order valence-corrected chi connectivity index (χ4v) is 2.34. The first-order valence-corrected chi connectivity index (χ1v) is 7.55. The second-order valence-corrected chi connectivity index (χ2v) is 6.14. The topological polar surface area (TPSA) is 24.5 Å². The number of methoxy groups -OCH3 is 1. The molecule has 3 nitrogen and oxygen atoms in total. The van der Waals surface area contributed by atoms with E-state index in [0.717, 1.165) is 31.3 Å². The monoisotopic (exact) mass is 298 g/mol. The Kier molecular flexibility index (Phi) is 8.15. The minimum Gasteiger partial charge on any atom is -0.383 e. The maximum absolute atomic E-state index is 6.03. The zero-order chi connectivity index (χ0) is 15.0. The maximum Gasteiger partial charge on any atom is 0.0630 e. The molecule has 20 heavy (non-hydrogen) atoms. The van der Waals surface area contributed by atoms with Crippen LogP contribution < -0.4 is 5.32 Å². The van der Waals surface area contributed by atoms with Crippen molar-refractivity contribution in [1.82, 2.24) is 10.2 Å². The van der Waals surface area contributed by atoms with E-state index >= 15 is 0 Å². The van der Waals surface area contributed by atoms with Crippen LogP contribution in [-0.2, 0) is 11.3 Å². The van der Waals surface area contributed by atoms with Gasteiger partial charge >= 0.3 is 0 Å². The van der Waals surface area contributed by atoms with Gasteiger partial charge in [-0.05, 0) is 37.2 Å². The van der Waals surface area contributed by atoms with Gasteiger partial charge in [0.05, 0.1) is 6.61 Å². The third-order valence-electron chi connectivity index (χ3n) is 3.24. The molecule has 114 valence electrons. The Morgan fingerprint density at radius 1 is 1.30 bits per heavy atom. The predicted molar refractivity (Wildman–Crippen MR) is 86.3 cm³/mol. The largest absolute Gasteiger partial charge is 0.383 e. The summed E-state index contributed by atoms with van der Waals surface area (Å²) in [7, 11) is 3.88. The fourth-order valence-electron chi connectivity index (χ4n) is 2.13. The van der Waals surface area contributed by atoms with Gasteiger partial charge in [-0.2, -0.15) is 0 Å². The normalized spacial score (nSPS) is 13.2. The number of nitrogens with one attached hydrogen (secondary N) is 1. The van der Waals surface area contributed by atoms with Crippen LogP contribution >= 0.6 is 11.6 Å². The molecule has 1 N–H and O–H groups in total. The van der Waals surface area contributed by atoms with Gasteiger partial charge in [0.2, 0.25) is 0 Å². The average molecular weight is 299 g/mol. The standard InChI is InChI=1S/C16H27ClN2O/c1-13(2)9-18-10-16(12-20-4)19(3)11-14-6-5-7-15(17)8-14/h5-8,13,16,18H,9-12H2,1-4H3. The third-order valence-corrected chi connectivity index (χ3v) is 3.47. The summed E-state index contributed by atoms with van der Waals surface area (Å²) in [6.07, 6.45) is 0. The van der Waals surface area contributed by atoms with E-state index in [0.29, 0.717) is 12.0 Å². The molecular formula is C16H27ClN2O. The van der Waals surface area contributed by atoms with Gasteiger partial charge in [0, 0.05) is 31.3 Å². The van der Waals surface area contributed by atoms with E-state index in [-0.39, 0.29) is 0 Å². The number of hydrogen-bond donors (Lipinski definition) is 1. The average Bonchev–Trinajstić information content (AvgIpc) is 2.37. The molecule has 4 heteroatoms. The van der Waals surface area contributed by atoms with Crippen molar-refractivity contribution in [2.75, 3.05) is 33.9 Å². The molecular weight excluding hydrogens is 272 g/mol. The molecule has 0 fully saturated rings. The van der Waals surface area contributed by atoms with Crippen LogP contribution in [0.1, 0.15) is 19.4 Å². The summed E-state index contributed by atoms with van der Waals surface area (Å²) in [5.74, 6) is 0.663. The van der Waals surface area contributed by atoms with E-state index in [1.807, 2.05) is 18.2 Å². The second-order valence-electron chi connectivity index (χ2n) is 5.71. The molecule has 0 bridgehead atoms. The number of benzene rings is 1. The van der Waals surface area contributed by atoms with Gasteiger partial charge in [-0.15, -0.1) is 0 Å². The summed E-state index contributed by atoms with van der Waals surface area (Å²) < 4.78 is 5.34. The lowest BCUT2D eigenvalue weighted by Crippen LogP contribution is -2.43. The number of likely N-dealkylation sites (N-methyl/N-ethyl adjacent to an activating group) is 1. The highest BCUT2D eigenvalue weighted by atomic mass is 35.5. The van der Waals surface area contributed by atoms with Crippen LogP contribution in [0.4, 0.5) is 0 Å². The van der Waals surface area contributed by atoms with Crippen LogP contribution in [0.15, 0.2) is 24.3 Å². The highest BCUT2D eigenvalue weighted by molar-refractivity contribution is 6.30. The van der Waals surface area contributed by atoms with E-state index in [1.165, 1.54) is 5.56 Å². The van der Waals surface area contributed by atoms with Crippen molar-refractivity contribution < 1.29 is 4.74 Å². The number of ether oxygens (including phenoxy) is 1. The van der Waals surface area contributed by atoms with Gasteiger partial charge < -0.3 is 10.1 Å². The highest BCUT2D eigenvalue weighted by Gasteiger charge is 2.15. The summed E-state index contributed by atoms with van der Waals surface area (Å²) in [4.78, 5) is 2.31. The summed E-state index contributed by atoms with van der Waals surface area (Å²) in [5, 5.41) is 4.29. The third kappa shape index (κ3) is 6.71. The van der Waals surface area contributed by atoms with Crippen molar-refractivity contribution in [3.05, 3.63) is 34.9 Å². The Hall–Kier alpha value is -0.610. The van der Waals surface area contributed by atoms with Gasteiger partial charge in [-0.3, -0.25) is 4.90 Å². The van der Waals surface area contributed by atoms with Gasteiger partial charge in [-0.25, -0.2) is 0 Å². The molecule has 0 amide bonds. The molecule has 0 heterocycles. The minimum atomic E-state index is 0.359. The Balaban J connectivity index is 2.52. The summed E-state index contributed by atoms with van der Waals surface area (Å²) in [6.45, 7) is 8.00. The van der Waals surface area contributed by atoms with Crippen molar-refractivity contribution in [2.24, 2.45) is 5.92 Å². The molecule has 0 spiro atoms. The lowest BCUT2D eigenvalue weighted by Gasteiger charge is -2.28. The van der Waals surface area contributed by atoms with Crippen LogP contribution in [0.3, 0.4) is 0 Å². The van der Waals surface area contributed by atoms with E-state index in [4.69, 9.17) is 16.3 Å². The van der Waals surface area contributed by atoms with Crippen molar-refractivity contribution in [3.8, 4) is 0 Å². The van der Waals surface area contributed by atoms with Gasteiger partial charge in [0.25, 0.3) is 0 Å². The Morgan fingerprint density at radius 2 is 2.05 bits per heavy atom. The van der Waals surface area contributed by atoms with Gasteiger partial charge in [0.1, 0.15) is 0 Å². The molecule has 0 aliphatic heterocycles. The molecule has 0 aliphatic rings. The van der Waals surface area contributed by atoms with Gasteiger partial charge in [0.15, 0.2) is 0 Å². The summed E-state index contributed by atoms with van der Waals surface area (Å²) in [6, 6.07) is 8.38. The van der Waals surface area contributed by atoms with E-state index in [9.17, 15) is 0 Å². The first-order chi connectivity index (χ1) is 9.52. The molecule has 1 aromatic rings. The van der Waals surface area contributed by atoms with Crippen molar-refractivity contribution in [3.63, 3.8) is 0 Å². The number of hydrogen-bond acceptors (Lipinski definition) is 3. The van der Waals surface area contributed by atoms with E-state index in [1.54, 1.807) is 7.11 Å². The second kappa shape index (κ2) is 9.35. The molecule has 0 saturated heterocycles. The molecule has 1 rings (SSSR count). The number of rotatable bonds is 9. The van der Waals surface area contributed by atoms with Crippen LogP contribution in [0.2, 0.25) is 5.02 Å². The zero-order valence-electron chi connectivity index (χ0n) is 13.0. The highest BCUT2D eigenvalue weighted by Crippen LogP contribution is 2.13. The molecule has 1 unspecified atom stereocenters. The van der Waals surface area contributed by atoms with E-state index < -0.39 is 0 Å². The minimum absolute atomic E-state index is 0.359. The Labute approximate surface area is 128 Å². The molecule has 0 saturated carbocycles. The predicted octanol–water partition coefficient (Wildman–Crippen LogP) is 3.03. The molecule has 1 aromatic carbocycles. The SMILES string of the molecule is COCC(CNCC(C)C)N(C)Cc1cccc(Cl)c1. The van der Waals surface area contributed by atoms with Crippen LogP contribution in [0.5, 0.6) is 0 Å². The molecule has 0 aliphatic carbocycles. The Morgan fingerprint density at radius 3 is 2.65 bits per heavy atom. The first kappa shape index (κ1) is 17.4. The van der Waals surface area contributed by atoms with Crippen molar-refractivity contribution >= 4 is 11.6 Å². The molecule has 0 radical (unpaired) electrons. The summed E-state index contributed by atoms with van der Waals surface area (Å²) >= 11 is 6.03. The number of nitrogens with zero attached hydrogens (tertiary/aromatic N) is 1. The van der Waals surface area contributed by atoms with Crippen molar-refractivity contribution in [1.29, 1.82) is 0 Å². The zero-order valence-corrected chi connectivity index (χ0v) is 13.8. The maximum atomic E-state index is 6.03. The molecule has 1 atom stereocenters. The van der Waals surface area contributed by atoms with Crippen LogP contribution in [0, 0.1) is 5.92 Å². The smallest absolute Gasteiger partial charge is 0.0630 e. The molecule has 0 aromatic heterocycles.